The number of methoxy groups -OCH3 is 1. The first-order valence-electron chi connectivity index (χ1n) is 4.94. The summed E-state index contributed by atoms with van der Waals surface area (Å²) in [6.45, 7) is 2.49. The second-order valence-electron chi connectivity index (χ2n) is 3.53. The third-order valence-electron chi connectivity index (χ3n) is 2.34. The maximum Gasteiger partial charge on any atom is 0.167 e. The van der Waals surface area contributed by atoms with Gasteiger partial charge in [-0.3, -0.25) is 4.79 Å². The van der Waals surface area contributed by atoms with E-state index >= 15 is 0 Å². The van der Waals surface area contributed by atoms with Gasteiger partial charge in [0.15, 0.2) is 5.78 Å². The van der Waals surface area contributed by atoms with Gasteiger partial charge in [-0.15, -0.1) is 0 Å². The van der Waals surface area contributed by atoms with Crippen molar-refractivity contribution in [1.82, 2.24) is 0 Å². The molecule has 0 radical (unpaired) electrons. The number of hydrogen-bond donors (Lipinski definition) is 0. The van der Waals surface area contributed by atoms with Crippen LogP contribution in [0.5, 0.6) is 0 Å². The van der Waals surface area contributed by atoms with E-state index in [1.807, 2.05) is 19.1 Å². The summed E-state index contributed by atoms with van der Waals surface area (Å²) in [7, 11) is 1.63. The summed E-state index contributed by atoms with van der Waals surface area (Å²) >= 11 is 5.95. The van der Waals surface area contributed by atoms with Crippen LogP contribution in [-0.2, 0) is 4.74 Å². The van der Waals surface area contributed by atoms with Crippen molar-refractivity contribution in [3.05, 3.63) is 34.9 Å². The van der Waals surface area contributed by atoms with Crippen LogP contribution in [0.4, 0.5) is 0 Å². The molecule has 1 unspecified atom stereocenters. The highest BCUT2D eigenvalue weighted by atomic mass is 35.5. The summed E-state index contributed by atoms with van der Waals surface area (Å²) in [5.41, 5.74) is 0.600. The minimum absolute atomic E-state index is 0.0511. The van der Waals surface area contributed by atoms with Gasteiger partial charge in [0.1, 0.15) is 0 Å². The predicted octanol–water partition coefficient (Wildman–Crippen LogP) is 3.20. The number of carbonyl (C=O) groups is 1. The van der Waals surface area contributed by atoms with Crippen LogP contribution >= 0.6 is 11.6 Å². The number of Topliss-reactive ketones (excluding diaryl/α,β-unsaturated/α-hetero) is 1. The highest BCUT2D eigenvalue weighted by Crippen LogP contribution is 2.20. The third kappa shape index (κ3) is 3.33. The molecular weight excluding hydrogens is 212 g/mol. The number of hydrogen-bond acceptors (Lipinski definition) is 2. The van der Waals surface area contributed by atoms with Crippen molar-refractivity contribution in [2.75, 3.05) is 13.7 Å². The van der Waals surface area contributed by atoms with Crippen LogP contribution in [0.2, 0.25) is 5.02 Å². The van der Waals surface area contributed by atoms with Crippen LogP contribution < -0.4 is 0 Å². The minimum Gasteiger partial charge on any atom is -0.385 e. The lowest BCUT2D eigenvalue weighted by Crippen LogP contribution is -2.13. The SMILES string of the molecule is COCCC(C)C(=O)c1ccccc1Cl. The lowest BCUT2D eigenvalue weighted by Gasteiger charge is -2.10. The van der Waals surface area contributed by atoms with Crippen LogP contribution in [0.15, 0.2) is 24.3 Å². The van der Waals surface area contributed by atoms with E-state index in [1.165, 1.54) is 0 Å². The van der Waals surface area contributed by atoms with Gasteiger partial charge in [-0.05, 0) is 18.6 Å². The topological polar surface area (TPSA) is 26.3 Å². The zero-order valence-corrected chi connectivity index (χ0v) is 9.75. The molecule has 1 aromatic carbocycles. The first kappa shape index (κ1) is 12.2. The minimum atomic E-state index is -0.0511. The molecular formula is C12H15ClO2. The van der Waals surface area contributed by atoms with Gasteiger partial charge in [0.2, 0.25) is 0 Å². The van der Waals surface area contributed by atoms with Crippen molar-refractivity contribution in [3.63, 3.8) is 0 Å². The Labute approximate surface area is 95.2 Å². The second kappa shape index (κ2) is 5.89. The van der Waals surface area contributed by atoms with Crippen LogP contribution in [0.25, 0.3) is 0 Å². The Morgan fingerprint density at radius 2 is 2.13 bits per heavy atom. The lowest BCUT2D eigenvalue weighted by atomic mass is 9.97. The number of benzene rings is 1. The molecule has 15 heavy (non-hydrogen) atoms. The number of rotatable bonds is 5. The van der Waals surface area contributed by atoms with Gasteiger partial charge < -0.3 is 4.74 Å². The fraction of sp³-hybridized carbons (Fsp3) is 0.417. The zero-order chi connectivity index (χ0) is 11.3. The van der Waals surface area contributed by atoms with Crippen molar-refractivity contribution >= 4 is 17.4 Å². The number of ether oxygens (including phenoxy) is 1. The van der Waals surface area contributed by atoms with Crippen LogP contribution in [0.1, 0.15) is 23.7 Å². The highest BCUT2D eigenvalue weighted by Gasteiger charge is 2.16. The van der Waals surface area contributed by atoms with Crippen molar-refractivity contribution in [1.29, 1.82) is 0 Å². The van der Waals surface area contributed by atoms with E-state index in [2.05, 4.69) is 0 Å². The summed E-state index contributed by atoms with van der Waals surface area (Å²) in [6.07, 6.45) is 0.723. The van der Waals surface area contributed by atoms with E-state index in [-0.39, 0.29) is 11.7 Å². The molecule has 0 saturated carbocycles. The quantitative estimate of drug-likeness (QED) is 0.721. The van der Waals surface area contributed by atoms with Crippen LogP contribution in [0, 0.1) is 5.92 Å². The number of ketones is 1. The Balaban J connectivity index is 2.72. The molecule has 0 fully saturated rings. The Morgan fingerprint density at radius 3 is 2.73 bits per heavy atom. The molecule has 0 aliphatic rings. The maximum absolute atomic E-state index is 11.9. The molecule has 0 aromatic heterocycles. The molecule has 0 aliphatic carbocycles. The van der Waals surface area contributed by atoms with Crippen molar-refractivity contribution in [2.24, 2.45) is 5.92 Å². The Hall–Kier alpha value is -0.860. The van der Waals surface area contributed by atoms with Gasteiger partial charge in [-0.2, -0.15) is 0 Å². The van der Waals surface area contributed by atoms with Crippen molar-refractivity contribution in [2.45, 2.75) is 13.3 Å². The van der Waals surface area contributed by atoms with E-state index in [4.69, 9.17) is 16.3 Å². The molecule has 3 heteroatoms. The Kier molecular flexibility index (Phi) is 4.79. The maximum atomic E-state index is 11.9. The van der Waals surface area contributed by atoms with Gasteiger partial charge in [0, 0.05) is 25.2 Å². The standard InChI is InChI=1S/C12H15ClO2/c1-9(7-8-15-2)12(14)10-5-3-4-6-11(10)13/h3-6,9H,7-8H2,1-2H3. The average molecular weight is 227 g/mol. The van der Waals surface area contributed by atoms with Gasteiger partial charge in [0.25, 0.3) is 0 Å². The van der Waals surface area contributed by atoms with E-state index in [1.54, 1.807) is 19.2 Å². The van der Waals surface area contributed by atoms with Crippen LogP contribution in [0.3, 0.4) is 0 Å². The van der Waals surface area contributed by atoms with Crippen LogP contribution in [-0.4, -0.2) is 19.5 Å². The zero-order valence-electron chi connectivity index (χ0n) is 9.00. The molecule has 1 rings (SSSR count). The molecule has 2 nitrogen and oxygen atoms in total. The molecule has 0 N–H and O–H groups in total. The molecule has 1 atom stereocenters. The Morgan fingerprint density at radius 1 is 1.47 bits per heavy atom. The average Bonchev–Trinajstić information content (AvgIpc) is 2.25. The number of carbonyl (C=O) groups excluding carboxylic acids is 1. The van der Waals surface area contributed by atoms with Crippen molar-refractivity contribution < 1.29 is 9.53 Å². The molecule has 82 valence electrons. The smallest absolute Gasteiger partial charge is 0.167 e. The van der Waals surface area contributed by atoms with E-state index in [9.17, 15) is 4.79 Å². The molecule has 0 bridgehead atoms. The molecule has 1 aromatic rings. The molecule has 0 saturated heterocycles. The summed E-state index contributed by atoms with van der Waals surface area (Å²) in [5.74, 6) is 0.0301. The van der Waals surface area contributed by atoms with Gasteiger partial charge in [0.05, 0.1) is 5.02 Å². The van der Waals surface area contributed by atoms with Crippen molar-refractivity contribution in [3.8, 4) is 0 Å². The largest absolute Gasteiger partial charge is 0.385 e. The van der Waals surface area contributed by atoms with E-state index in [0.29, 0.717) is 17.2 Å². The monoisotopic (exact) mass is 226 g/mol. The van der Waals surface area contributed by atoms with E-state index < -0.39 is 0 Å². The first-order valence-corrected chi connectivity index (χ1v) is 5.32. The predicted molar refractivity (Wildman–Crippen MR) is 61.4 cm³/mol. The summed E-state index contributed by atoms with van der Waals surface area (Å²) < 4.78 is 4.94. The summed E-state index contributed by atoms with van der Waals surface area (Å²) in [5, 5.41) is 0.520. The summed E-state index contributed by atoms with van der Waals surface area (Å²) in [4.78, 5) is 11.9. The first-order chi connectivity index (χ1) is 7.16. The van der Waals surface area contributed by atoms with Gasteiger partial charge >= 0.3 is 0 Å². The molecule has 0 aliphatic heterocycles. The highest BCUT2D eigenvalue weighted by molar-refractivity contribution is 6.34. The third-order valence-corrected chi connectivity index (χ3v) is 2.67. The van der Waals surface area contributed by atoms with Gasteiger partial charge in [-0.25, -0.2) is 0 Å². The molecule has 0 spiro atoms. The van der Waals surface area contributed by atoms with E-state index in [0.717, 1.165) is 6.42 Å². The normalized spacial score (nSPS) is 12.5. The molecule has 0 heterocycles. The number of halogens is 1. The molecule has 0 amide bonds. The summed E-state index contributed by atoms with van der Waals surface area (Å²) in [6, 6.07) is 7.13. The Bertz CT molecular complexity index is 336. The fourth-order valence-electron chi connectivity index (χ4n) is 1.35. The lowest BCUT2D eigenvalue weighted by molar-refractivity contribution is 0.0894. The second-order valence-corrected chi connectivity index (χ2v) is 3.93. The van der Waals surface area contributed by atoms with Gasteiger partial charge in [-0.1, -0.05) is 30.7 Å². The fourth-order valence-corrected chi connectivity index (χ4v) is 1.58.